The molecule has 0 radical (unpaired) electrons. The van der Waals surface area contributed by atoms with Gasteiger partial charge in [-0.05, 0) is 137 Å². The highest BCUT2D eigenvalue weighted by Gasteiger charge is 2.53. The molecule has 0 amide bonds. The molecule has 352 valence electrons. The number of hydrogen-bond acceptors (Lipinski definition) is 1. The van der Waals surface area contributed by atoms with Gasteiger partial charge in [-0.15, -0.1) is 0 Å². The second-order valence-corrected chi connectivity index (χ2v) is 21.0. The summed E-state index contributed by atoms with van der Waals surface area (Å²) in [5, 5.41) is 2.48. The molecule has 1 aromatic heterocycles. The zero-order valence-electron chi connectivity index (χ0n) is 41.5. The average molecular weight is 963 g/mol. The molecule has 2 nitrogen and oxygen atoms in total. The lowest BCUT2D eigenvalue weighted by molar-refractivity contribution is 0.748. The van der Waals surface area contributed by atoms with Crippen LogP contribution in [0.3, 0.4) is 0 Å². The van der Waals surface area contributed by atoms with Gasteiger partial charge in [-0.3, -0.25) is 0 Å². The van der Waals surface area contributed by atoms with E-state index in [1.807, 2.05) is 0 Å². The zero-order valence-corrected chi connectivity index (χ0v) is 41.5. The topological polar surface area (TPSA) is 8.17 Å². The van der Waals surface area contributed by atoms with Crippen LogP contribution in [0.1, 0.15) is 44.5 Å². The van der Waals surface area contributed by atoms with Crippen molar-refractivity contribution < 1.29 is 0 Å². The quantitative estimate of drug-likeness (QED) is 0.167. The van der Waals surface area contributed by atoms with E-state index in [0.29, 0.717) is 0 Å². The van der Waals surface area contributed by atoms with Gasteiger partial charge in [-0.2, -0.15) is 0 Å². The largest absolute Gasteiger partial charge is 0.310 e. The molecule has 0 N–H and O–H groups in total. The molecule has 0 fully saturated rings. The molecule has 0 bridgehead atoms. The zero-order chi connectivity index (χ0) is 49.7. The standard InChI is InChI=1S/C74H46N2/c1-2-18-47(19-3-1)48-36-38-49(39-37-48)50-40-42-51(43-41-50)75(70-35-17-32-66-71(70)58-24-8-13-30-64(58)73(66)60-26-9-4-20-53(60)54-21-5-10-27-61(54)73)52-44-45-68-59(46-52)57-25-16-33-67-72(57)76(68)69-34-15-14-31-65(69)74(67)62-28-11-6-22-55(62)56-23-7-12-29-63(56)74/h1-46H. The highest BCUT2D eigenvalue weighted by atomic mass is 15.1. The molecule has 0 atom stereocenters. The predicted octanol–water partition coefficient (Wildman–Crippen LogP) is 18.6. The van der Waals surface area contributed by atoms with Crippen molar-refractivity contribution in [2.24, 2.45) is 0 Å². The number of aromatic nitrogens is 1. The van der Waals surface area contributed by atoms with Crippen molar-refractivity contribution in [2.45, 2.75) is 10.8 Å². The Morgan fingerprint density at radius 2 is 0.697 bits per heavy atom. The van der Waals surface area contributed by atoms with Gasteiger partial charge in [-0.25, -0.2) is 0 Å². The van der Waals surface area contributed by atoms with Gasteiger partial charge in [0.05, 0.1) is 33.2 Å². The van der Waals surface area contributed by atoms with E-state index in [1.165, 1.54) is 128 Å². The van der Waals surface area contributed by atoms with Gasteiger partial charge >= 0.3 is 0 Å². The van der Waals surface area contributed by atoms with E-state index in [1.54, 1.807) is 0 Å². The fraction of sp³-hybridized carbons (Fsp3) is 0.0270. The Kier molecular flexibility index (Phi) is 8.44. The number of rotatable bonds is 5. The van der Waals surface area contributed by atoms with Gasteiger partial charge in [0.2, 0.25) is 0 Å². The van der Waals surface area contributed by atoms with Crippen LogP contribution in [-0.2, 0) is 10.8 Å². The molecule has 0 saturated heterocycles. The lowest BCUT2D eigenvalue weighted by Crippen LogP contribution is -2.33. The summed E-state index contributed by atoms with van der Waals surface area (Å²) in [6, 6.07) is 105. The minimum absolute atomic E-state index is 0.472. The summed E-state index contributed by atoms with van der Waals surface area (Å²) in [6.07, 6.45) is 0. The third kappa shape index (κ3) is 5.25. The SMILES string of the molecule is c1ccc(-c2ccc(-c3ccc(N(c4ccc5c(c4)c4cccc6c4n5-c4ccccc4C64c5ccccc5-c5ccccc54)c4cccc5c4-c4ccccc4C54c5ccccc5-c5ccccc54)cc3)cc2)cc1. The molecule has 0 unspecified atom stereocenters. The molecule has 2 heteroatoms. The first-order valence-electron chi connectivity index (χ1n) is 26.6. The maximum Gasteiger partial charge on any atom is 0.0754 e. The van der Waals surface area contributed by atoms with Gasteiger partial charge in [0.15, 0.2) is 0 Å². The van der Waals surface area contributed by atoms with Crippen LogP contribution in [0.25, 0.3) is 83.1 Å². The second kappa shape index (κ2) is 15.4. The van der Waals surface area contributed by atoms with E-state index in [2.05, 4.69) is 289 Å². The van der Waals surface area contributed by atoms with E-state index in [4.69, 9.17) is 0 Å². The van der Waals surface area contributed by atoms with Crippen LogP contribution in [0.5, 0.6) is 0 Å². The number of hydrogen-bond donors (Lipinski definition) is 0. The summed E-state index contributed by atoms with van der Waals surface area (Å²) in [5.74, 6) is 0. The van der Waals surface area contributed by atoms with Gasteiger partial charge in [-0.1, -0.05) is 237 Å². The molecule has 4 aliphatic rings. The maximum atomic E-state index is 2.56. The number of benzene rings is 12. The summed E-state index contributed by atoms with van der Waals surface area (Å²) < 4.78 is 2.56. The van der Waals surface area contributed by atoms with E-state index in [9.17, 15) is 0 Å². The van der Waals surface area contributed by atoms with Crippen LogP contribution < -0.4 is 4.90 Å². The molecule has 0 saturated carbocycles. The van der Waals surface area contributed by atoms with E-state index >= 15 is 0 Å². The first-order chi connectivity index (χ1) is 37.7. The molecule has 2 heterocycles. The summed E-state index contributed by atoms with van der Waals surface area (Å²) in [4.78, 5) is 2.54. The fourth-order valence-corrected chi connectivity index (χ4v) is 14.7. The Bertz CT molecular complexity index is 4480. The molecule has 17 rings (SSSR count). The van der Waals surface area contributed by atoms with Gasteiger partial charge < -0.3 is 9.47 Å². The van der Waals surface area contributed by atoms with E-state index < -0.39 is 10.8 Å². The molecule has 76 heavy (non-hydrogen) atoms. The summed E-state index contributed by atoms with van der Waals surface area (Å²) in [7, 11) is 0. The number of para-hydroxylation sites is 2. The lowest BCUT2D eigenvalue weighted by Gasteiger charge is -2.39. The monoisotopic (exact) mass is 962 g/mol. The van der Waals surface area contributed by atoms with Crippen LogP contribution >= 0.6 is 0 Å². The predicted molar refractivity (Wildman–Crippen MR) is 313 cm³/mol. The van der Waals surface area contributed by atoms with Gasteiger partial charge in [0.1, 0.15) is 0 Å². The molecule has 2 spiro atoms. The van der Waals surface area contributed by atoms with Crippen molar-refractivity contribution in [1.29, 1.82) is 0 Å². The van der Waals surface area contributed by atoms with Crippen LogP contribution in [-0.4, -0.2) is 4.57 Å². The van der Waals surface area contributed by atoms with Gasteiger partial charge in [0.25, 0.3) is 0 Å². The Balaban J connectivity index is 0.910. The van der Waals surface area contributed by atoms with Crippen LogP contribution in [0.2, 0.25) is 0 Å². The third-order valence-electron chi connectivity index (χ3n) is 17.6. The van der Waals surface area contributed by atoms with Crippen molar-refractivity contribution in [1.82, 2.24) is 4.57 Å². The average Bonchev–Trinajstić information content (AvgIpc) is 4.39. The number of fused-ring (bicyclic) bond motifs is 22. The normalized spacial score (nSPS) is 14.0. The molecular weight excluding hydrogens is 917 g/mol. The minimum atomic E-state index is -0.475. The Morgan fingerprint density at radius 3 is 1.29 bits per heavy atom. The van der Waals surface area contributed by atoms with Crippen LogP contribution in [0, 0.1) is 0 Å². The molecular formula is C74H46N2. The van der Waals surface area contributed by atoms with Crippen molar-refractivity contribution in [3.05, 3.63) is 324 Å². The van der Waals surface area contributed by atoms with Crippen molar-refractivity contribution in [2.75, 3.05) is 4.90 Å². The maximum absolute atomic E-state index is 2.56. The lowest BCUT2D eigenvalue weighted by atomic mass is 9.65. The molecule has 3 aliphatic carbocycles. The van der Waals surface area contributed by atoms with Crippen LogP contribution in [0.15, 0.2) is 279 Å². The highest BCUT2D eigenvalue weighted by Crippen LogP contribution is 2.65. The molecule has 12 aromatic carbocycles. The minimum Gasteiger partial charge on any atom is -0.310 e. The van der Waals surface area contributed by atoms with Crippen molar-refractivity contribution in [3.8, 4) is 61.3 Å². The van der Waals surface area contributed by atoms with Crippen molar-refractivity contribution >= 4 is 38.9 Å². The molecule has 13 aromatic rings. The Labute approximate surface area is 441 Å². The Morgan fingerprint density at radius 1 is 0.276 bits per heavy atom. The fourth-order valence-electron chi connectivity index (χ4n) is 14.7. The van der Waals surface area contributed by atoms with Gasteiger partial charge in [0, 0.05) is 27.7 Å². The summed E-state index contributed by atoms with van der Waals surface area (Å²) in [6.45, 7) is 0. The second-order valence-electron chi connectivity index (χ2n) is 21.0. The first kappa shape index (κ1) is 41.7. The smallest absolute Gasteiger partial charge is 0.0754 e. The summed E-state index contributed by atoms with van der Waals surface area (Å²) in [5.41, 5.74) is 29.3. The molecule has 1 aliphatic heterocycles. The first-order valence-corrected chi connectivity index (χ1v) is 26.6. The Hall–Kier alpha value is -9.76. The number of anilines is 3. The van der Waals surface area contributed by atoms with E-state index in [-0.39, 0.29) is 0 Å². The van der Waals surface area contributed by atoms with Crippen molar-refractivity contribution in [3.63, 3.8) is 0 Å². The number of nitrogens with zero attached hydrogens (tertiary/aromatic N) is 2. The summed E-state index contributed by atoms with van der Waals surface area (Å²) >= 11 is 0. The van der Waals surface area contributed by atoms with Crippen LogP contribution in [0.4, 0.5) is 17.1 Å². The highest BCUT2D eigenvalue weighted by molar-refractivity contribution is 6.14. The van der Waals surface area contributed by atoms with E-state index in [0.717, 1.165) is 17.1 Å². The third-order valence-corrected chi connectivity index (χ3v) is 17.6.